The zero-order chi connectivity index (χ0) is 31.0. The number of carbonyl (C=O) groups excluding carboxylic acids is 1. The monoisotopic (exact) mass is 597 g/mol. The lowest BCUT2D eigenvalue weighted by Gasteiger charge is -2.21. The summed E-state index contributed by atoms with van der Waals surface area (Å²) in [6.45, 7) is 4.45. The predicted octanol–water partition coefficient (Wildman–Crippen LogP) is 8.45. The molecule has 0 aliphatic carbocycles. The minimum absolute atomic E-state index is 0.0381. The van der Waals surface area contributed by atoms with Gasteiger partial charge in [-0.05, 0) is 55.3 Å². The Balaban J connectivity index is 1.17. The molecule has 45 heavy (non-hydrogen) atoms. The van der Waals surface area contributed by atoms with E-state index in [-0.39, 0.29) is 11.8 Å². The van der Waals surface area contributed by atoms with E-state index in [0.717, 1.165) is 46.1 Å². The molecule has 4 aromatic carbocycles. The van der Waals surface area contributed by atoms with Crippen molar-refractivity contribution in [1.29, 1.82) is 0 Å². The molecule has 226 valence electrons. The molecule has 0 aliphatic rings. The van der Waals surface area contributed by atoms with Crippen LogP contribution in [0.3, 0.4) is 0 Å². The summed E-state index contributed by atoms with van der Waals surface area (Å²) in [7, 11) is 0. The van der Waals surface area contributed by atoms with Crippen molar-refractivity contribution in [3.63, 3.8) is 0 Å². The molecule has 2 heterocycles. The van der Waals surface area contributed by atoms with Crippen LogP contribution in [0.4, 0.5) is 5.69 Å². The second-order valence-electron chi connectivity index (χ2n) is 10.8. The molecule has 0 aliphatic heterocycles. The van der Waals surface area contributed by atoms with Crippen molar-refractivity contribution in [2.24, 2.45) is 0 Å². The molecule has 6 aromatic rings. The van der Waals surface area contributed by atoms with Crippen molar-refractivity contribution in [2.75, 3.05) is 11.9 Å². The number of hydrogen-bond acceptors (Lipinski definition) is 7. The third-order valence-corrected chi connectivity index (χ3v) is 7.68. The van der Waals surface area contributed by atoms with Crippen molar-refractivity contribution >= 4 is 11.5 Å². The summed E-state index contributed by atoms with van der Waals surface area (Å²) in [4.78, 5) is 22.8. The van der Waals surface area contributed by atoms with Crippen LogP contribution in [0, 0.1) is 6.92 Å². The second-order valence-corrected chi connectivity index (χ2v) is 10.8. The highest BCUT2D eigenvalue weighted by atomic mass is 16.5. The first-order valence-electron chi connectivity index (χ1n) is 15.2. The highest BCUT2D eigenvalue weighted by Crippen LogP contribution is 2.29. The van der Waals surface area contributed by atoms with Gasteiger partial charge in [0.05, 0.1) is 24.0 Å². The molecule has 0 amide bonds. The molecule has 7 nitrogen and oxygen atoms in total. The number of aryl methyl sites for hydroxylation is 2. The lowest BCUT2D eigenvalue weighted by molar-refractivity contribution is 0.103. The fraction of sp³-hybridized carbons (Fsp3) is 0.184. The van der Waals surface area contributed by atoms with Gasteiger partial charge in [-0.1, -0.05) is 79.7 Å². The lowest BCUT2D eigenvalue weighted by Crippen LogP contribution is -2.16. The first kappa shape index (κ1) is 29.6. The maximum atomic E-state index is 13.4. The zero-order valence-corrected chi connectivity index (χ0v) is 25.4. The molecule has 1 N–H and O–H groups in total. The molecule has 1 atom stereocenters. The molecule has 0 bridgehead atoms. The van der Waals surface area contributed by atoms with Gasteiger partial charge < -0.3 is 18.9 Å². The van der Waals surface area contributed by atoms with E-state index in [2.05, 4.69) is 15.3 Å². The summed E-state index contributed by atoms with van der Waals surface area (Å²) in [6.07, 6.45) is 3.63. The number of hydrogen-bond donors (Lipinski definition) is 1. The number of nitrogens with one attached hydrogen (secondary N) is 1. The molecule has 7 heteroatoms. The van der Waals surface area contributed by atoms with E-state index >= 15 is 0 Å². The van der Waals surface area contributed by atoms with Gasteiger partial charge in [0, 0.05) is 35.2 Å². The number of para-hydroxylation sites is 1. The quantitative estimate of drug-likeness (QED) is 0.134. The summed E-state index contributed by atoms with van der Waals surface area (Å²) in [5.74, 6) is 2.77. The zero-order valence-electron chi connectivity index (χ0n) is 25.4. The number of aromatic nitrogens is 2. The number of carbonyl (C=O) groups is 1. The third kappa shape index (κ3) is 7.21. The number of ketones is 1. The summed E-state index contributed by atoms with van der Waals surface area (Å²) in [6, 6.07) is 34.6. The van der Waals surface area contributed by atoms with Crippen LogP contribution in [0.15, 0.2) is 124 Å². The first-order valence-corrected chi connectivity index (χ1v) is 15.2. The van der Waals surface area contributed by atoms with Crippen molar-refractivity contribution in [2.45, 2.75) is 39.2 Å². The number of benzene rings is 4. The van der Waals surface area contributed by atoms with Gasteiger partial charge in [-0.25, -0.2) is 9.97 Å². The number of oxazole rings is 2. The number of ether oxygens (including phenoxy) is 1. The smallest absolute Gasteiger partial charge is 0.226 e. The average Bonchev–Trinajstić information content (AvgIpc) is 3.71. The number of rotatable bonds is 13. The van der Waals surface area contributed by atoms with Crippen LogP contribution in [0.2, 0.25) is 0 Å². The Labute approximate surface area is 262 Å². The highest BCUT2D eigenvalue weighted by Gasteiger charge is 2.20. The van der Waals surface area contributed by atoms with Crippen LogP contribution in [0.1, 0.15) is 57.5 Å². The third-order valence-electron chi connectivity index (χ3n) is 7.68. The van der Waals surface area contributed by atoms with Crippen LogP contribution in [0.25, 0.3) is 11.5 Å². The molecular formula is C38H35N3O4. The van der Waals surface area contributed by atoms with E-state index in [1.54, 1.807) is 6.26 Å². The normalized spacial score (nSPS) is 11.7. The van der Waals surface area contributed by atoms with E-state index in [9.17, 15) is 4.79 Å². The maximum absolute atomic E-state index is 13.4. The Hall–Kier alpha value is -5.43. The Morgan fingerprint density at radius 2 is 1.58 bits per heavy atom. The van der Waals surface area contributed by atoms with Gasteiger partial charge in [-0.3, -0.25) is 4.79 Å². The average molecular weight is 598 g/mol. The predicted molar refractivity (Wildman–Crippen MR) is 175 cm³/mol. The molecular weight excluding hydrogens is 562 g/mol. The molecule has 6 rings (SSSR count). The van der Waals surface area contributed by atoms with Gasteiger partial charge >= 0.3 is 0 Å². The maximum Gasteiger partial charge on any atom is 0.226 e. The molecule has 0 spiro atoms. The van der Waals surface area contributed by atoms with Gasteiger partial charge in [-0.2, -0.15) is 0 Å². The minimum atomic E-state index is -0.207. The lowest BCUT2D eigenvalue weighted by atomic mass is 9.99. The van der Waals surface area contributed by atoms with E-state index in [1.807, 2.05) is 123 Å². The molecule has 0 saturated carbocycles. The van der Waals surface area contributed by atoms with E-state index in [1.165, 1.54) is 0 Å². The standard InChI is InChI=1S/C38H35N3O4/c1-3-30-25-44-36(39-30)24-35(40-34-17-11-10-16-32(34)37(42)28-12-6-4-7-13-28)27-18-20-31(21-19-27)43-23-22-33-26(2)45-38(41-33)29-14-8-5-9-15-29/h4-21,25,35,40H,3,22-24H2,1-2H3/t35-/m0/s1. The minimum Gasteiger partial charge on any atom is -0.493 e. The van der Waals surface area contributed by atoms with Crippen LogP contribution < -0.4 is 10.1 Å². The fourth-order valence-electron chi connectivity index (χ4n) is 5.20. The Bertz CT molecular complexity index is 1840. The topological polar surface area (TPSA) is 90.4 Å². The van der Waals surface area contributed by atoms with Gasteiger partial charge in [0.15, 0.2) is 11.7 Å². The second kappa shape index (κ2) is 13.9. The van der Waals surface area contributed by atoms with Crippen LogP contribution in [-0.4, -0.2) is 22.4 Å². The van der Waals surface area contributed by atoms with Crippen LogP contribution >= 0.6 is 0 Å². The Kier molecular flexibility index (Phi) is 9.16. The largest absolute Gasteiger partial charge is 0.493 e. The highest BCUT2D eigenvalue weighted by molar-refractivity contribution is 6.12. The van der Waals surface area contributed by atoms with E-state index in [4.69, 9.17) is 13.6 Å². The van der Waals surface area contributed by atoms with Crippen molar-refractivity contribution in [3.8, 4) is 17.2 Å². The fourth-order valence-corrected chi connectivity index (χ4v) is 5.20. The van der Waals surface area contributed by atoms with Gasteiger partial charge in [0.1, 0.15) is 17.8 Å². The van der Waals surface area contributed by atoms with Crippen molar-refractivity contribution in [1.82, 2.24) is 9.97 Å². The molecule has 0 fully saturated rings. The molecule has 2 aromatic heterocycles. The summed E-state index contributed by atoms with van der Waals surface area (Å²) in [5, 5.41) is 3.62. The molecule has 0 radical (unpaired) electrons. The molecule has 0 saturated heterocycles. The molecule has 0 unspecified atom stereocenters. The van der Waals surface area contributed by atoms with Crippen molar-refractivity contribution in [3.05, 3.63) is 155 Å². The Morgan fingerprint density at radius 3 is 2.31 bits per heavy atom. The summed E-state index contributed by atoms with van der Waals surface area (Å²) < 4.78 is 17.8. The van der Waals surface area contributed by atoms with Gasteiger partial charge in [0.25, 0.3) is 0 Å². The summed E-state index contributed by atoms with van der Waals surface area (Å²) >= 11 is 0. The van der Waals surface area contributed by atoms with Gasteiger partial charge in [-0.15, -0.1) is 0 Å². The van der Waals surface area contributed by atoms with E-state index < -0.39 is 0 Å². The summed E-state index contributed by atoms with van der Waals surface area (Å²) in [5.41, 5.74) is 5.75. The van der Waals surface area contributed by atoms with Crippen molar-refractivity contribution < 1.29 is 18.4 Å². The van der Waals surface area contributed by atoms with Gasteiger partial charge in [0.2, 0.25) is 5.89 Å². The van der Waals surface area contributed by atoms with Crippen LogP contribution in [0.5, 0.6) is 5.75 Å². The SMILES string of the molecule is CCc1coc(C[C@H](Nc2ccccc2C(=O)c2ccccc2)c2ccc(OCCc3nc(-c4ccccc4)oc3C)cc2)n1. The first-order chi connectivity index (χ1) is 22.1. The van der Waals surface area contributed by atoms with Crippen LogP contribution in [-0.2, 0) is 19.3 Å². The number of nitrogens with zero attached hydrogens (tertiary/aromatic N) is 2. The Morgan fingerprint density at radius 1 is 0.867 bits per heavy atom. The van der Waals surface area contributed by atoms with E-state index in [0.29, 0.717) is 42.4 Å². The number of anilines is 1.